The van der Waals surface area contributed by atoms with Crippen LogP contribution in [0.4, 0.5) is 5.69 Å². The summed E-state index contributed by atoms with van der Waals surface area (Å²) in [4.78, 5) is 25.4. The zero-order chi connectivity index (χ0) is 25.7. The van der Waals surface area contributed by atoms with E-state index in [0.29, 0.717) is 43.8 Å². The fourth-order valence-corrected chi connectivity index (χ4v) is 5.14. The molecule has 12 heteroatoms. The van der Waals surface area contributed by atoms with Crippen molar-refractivity contribution in [3.63, 3.8) is 0 Å². The lowest BCUT2D eigenvalue weighted by atomic mass is 10.0. The average molecular weight is 575 g/mol. The second-order valence-electron chi connectivity index (χ2n) is 7.90. The van der Waals surface area contributed by atoms with Gasteiger partial charge in [-0.05, 0) is 49.2 Å². The molecule has 186 valence electrons. The standard InChI is InChI=1S/C23H23Cl4N5O2S/c1-4-32-21(20(12(2)3)29-22(34)17-6-5-13(24)10-18(17)27)30-31-23(32)35-11-19(33)28-16-8-14(25)7-15(26)9-16/h5-10,12,20H,4,11H2,1-3H3,(H,28,33)(H,29,34)/t20-/m0/s1. The quantitative estimate of drug-likeness (QED) is 0.275. The predicted molar refractivity (Wildman–Crippen MR) is 143 cm³/mol. The van der Waals surface area contributed by atoms with Crippen LogP contribution in [0.5, 0.6) is 0 Å². The average Bonchev–Trinajstić information content (AvgIpc) is 3.17. The van der Waals surface area contributed by atoms with Gasteiger partial charge in [0.05, 0.1) is 22.4 Å². The summed E-state index contributed by atoms with van der Waals surface area (Å²) in [5.74, 6) is 0.108. The van der Waals surface area contributed by atoms with Crippen molar-refractivity contribution in [2.45, 2.75) is 38.5 Å². The molecule has 0 bridgehead atoms. The Hall–Kier alpha value is -1.97. The Morgan fingerprint density at radius 2 is 1.69 bits per heavy atom. The number of hydrogen-bond donors (Lipinski definition) is 2. The van der Waals surface area contributed by atoms with Crippen molar-refractivity contribution in [2.24, 2.45) is 5.92 Å². The molecule has 3 aromatic rings. The number of nitrogens with zero attached hydrogens (tertiary/aromatic N) is 3. The number of carbonyl (C=O) groups excluding carboxylic acids is 2. The van der Waals surface area contributed by atoms with Crippen LogP contribution in [0.25, 0.3) is 0 Å². The summed E-state index contributed by atoms with van der Waals surface area (Å²) in [6.45, 7) is 6.44. The Kier molecular flexibility index (Phi) is 9.72. The van der Waals surface area contributed by atoms with E-state index in [1.807, 2.05) is 25.3 Å². The maximum Gasteiger partial charge on any atom is 0.253 e. The molecule has 0 saturated heterocycles. The molecular formula is C23H23Cl4N5O2S. The maximum atomic E-state index is 12.9. The van der Waals surface area contributed by atoms with Gasteiger partial charge < -0.3 is 15.2 Å². The van der Waals surface area contributed by atoms with E-state index in [0.717, 1.165) is 0 Å². The van der Waals surface area contributed by atoms with Gasteiger partial charge in [-0.15, -0.1) is 10.2 Å². The number of carbonyl (C=O) groups is 2. The molecule has 0 spiro atoms. The number of thioether (sulfide) groups is 1. The summed E-state index contributed by atoms with van der Waals surface area (Å²) in [6, 6.07) is 9.10. The molecule has 0 aliphatic rings. The lowest BCUT2D eigenvalue weighted by Crippen LogP contribution is -2.34. The van der Waals surface area contributed by atoms with Crippen molar-refractivity contribution in [3.05, 3.63) is 67.9 Å². The Balaban J connectivity index is 1.73. The van der Waals surface area contributed by atoms with Crippen LogP contribution in [0.15, 0.2) is 41.6 Å². The number of halogens is 4. The van der Waals surface area contributed by atoms with Crippen LogP contribution in [0.3, 0.4) is 0 Å². The number of rotatable bonds is 9. The van der Waals surface area contributed by atoms with E-state index in [2.05, 4.69) is 20.8 Å². The van der Waals surface area contributed by atoms with Gasteiger partial charge in [0.15, 0.2) is 11.0 Å². The lowest BCUT2D eigenvalue weighted by molar-refractivity contribution is -0.113. The summed E-state index contributed by atoms with van der Waals surface area (Å²) in [7, 11) is 0. The first-order valence-corrected chi connectivity index (χ1v) is 13.2. The van der Waals surface area contributed by atoms with Gasteiger partial charge in [0, 0.05) is 27.3 Å². The highest BCUT2D eigenvalue weighted by Crippen LogP contribution is 2.28. The fraction of sp³-hybridized carbons (Fsp3) is 0.304. The van der Waals surface area contributed by atoms with Gasteiger partial charge in [0.1, 0.15) is 0 Å². The number of nitrogens with one attached hydrogen (secondary N) is 2. The summed E-state index contributed by atoms with van der Waals surface area (Å²) in [5.41, 5.74) is 0.825. The molecule has 2 N–H and O–H groups in total. The number of hydrogen-bond acceptors (Lipinski definition) is 5. The molecule has 1 heterocycles. The third kappa shape index (κ3) is 7.27. The van der Waals surface area contributed by atoms with Crippen molar-refractivity contribution < 1.29 is 9.59 Å². The molecule has 0 radical (unpaired) electrons. The second kappa shape index (κ2) is 12.3. The van der Waals surface area contributed by atoms with Crippen molar-refractivity contribution in [3.8, 4) is 0 Å². The van der Waals surface area contributed by atoms with Gasteiger partial charge >= 0.3 is 0 Å². The fourth-order valence-electron chi connectivity index (χ4n) is 3.31. The molecule has 1 atom stereocenters. The van der Waals surface area contributed by atoms with E-state index < -0.39 is 6.04 Å². The van der Waals surface area contributed by atoms with Crippen LogP contribution in [0.1, 0.15) is 43.0 Å². The first-order chi connectivity index (χ1) is 16.6. The number of aromatic nitrogens is 3. The van der Waals surface area contributed by atoms with Crippen LogP contribution in [0, 0.1) is 5.92 Å². The van der Waals surface area contributed by atoms with Crippen LogP contribution in [-0.4, -0.2) is 32.3 Å². The Morgan fingerprint density at radius 1 is 1.00 bits per heavy atom. The topological polar surface area (TPSA) is 88.9 Å². The Morgan fingerprint density at radius 3 is 2.29 bits per heavy atom. The van der Waals surface area contributed by atoms with Crippen molar-refractivity contribution in [1.29, 1.82) is 0 Å². The van der Waals surface area contributed by atoms with Gasteiger partial charge in [-0.3, -0.25) is 9.59 Å². The maximum absolute atomic E-state index is 12.9. The van der Waals surface area contributed by atoms with Gasteiger partial charge in [0.2, 0.25) is 5.91 Å². The first-order valence-electron chi connectivity index (χ1n) is 10.7. The number of benzene rings is 2. The molecule has 0 unspecified atom stereocenters. The van der Waals surface area contributed by atoms with Crippen LogP contribution in [-0.2, 0) is 11.3 Å². The summed E-state index contributed by atoms with van der Waals surface area (Å²) < 4.78 is 1.88. The molecule has 0 aliphatic carbocycles. The van der Waals surface area contributed by atoms with E-state index in [1.54, 1.807) is 30.3 Å². The first kappa shape index (κ1) is 27.6. The van der Waals surface area contributed by atoms with Gasteiger partial charge in [0.25, 0.3) is 5.91 Å². The van der Waals surface area contributed by atoms with Crippen molar-refractivity contribution >= 4 is 75.7 Å². The third-order valence-electron chi connectivity index (χ3n) is 4.95. The van der Waals surface area contributed by atoms with Crippen molar-refractivity contribution in [1.82, 2.24) is 20.1 Å². The largest absolute Gasteiger partial charge is 0.342 e. The van der Waals surface area contributed by atoms with Crippen molar-refractivity contribution in [2.75, 3.05) is 11.1 Å². The molecule has 3 rings (SSSR count). The Bertz CT molecular complexity index is 1210. The monoisotopic (exact) mass is 573 g/mol. The molecule has 1 aromatic heterocycles. The van der Waals surface area contributed by atoms with Gasteiger partial charge in [-0.2, -0.15) is 0 Å². The SMILES string of the molecule is CCn1c(SCC(=O)Nc2cc(Cl)cc(Cl)c2)nnc1[C@@H](NC(=O)c1ccc(Cl)cc1Cl)C(C)C. The molecule has 2 amide bonds. The molecule has 0 fully saturated rings. The predicted octanol–water partition coefficient (Wildman–Crippen LogP) is 6.77. The molecule has 0 saturated carbocycles. The summed E-state index contributed by atoms with van der Waals surface area (Å²) >= 11 is 25.4. The summed E-state index contributed by atoms with van der Waals surface area (Å²) in [5, 5.41) is 16.5. The highest BCUT2D eigenvalue weighted by atomic mass is 35.5. The molecule has 2 aromatic carbocycles. The highest BCUT2D eigenvalue weighted by Gasteiger charge is 2.27. The van der Waals surface area contributed by atoms with Gasteiger partial charge in [-0.1, -0.05) is 72.0 Å². The minimum atomic E-state index is -0.432. The van der Waals surface area contributed by atoms with E-state index in [1.165, 1.54) is 17.8 Å². The molecule has 0 aliphatic heterocycles. The number of anilines is 1. The zero-order valence-corrected chi connectivity index (χ0v) is 23.0. The van der Waals surface area contributed by atoms with E-state index in [4.69, 9.17) is 46.4 Å². The molecule has 7 nitrogen and oxygen atoms in total. The minimum absolute atomic E-state index is 0.00764. The third-order valence-corrected chi connectivity index (χ3v) is 6.90. The smallest absolute Gasteiger partial charge is 0.253 e. The molecular weight excluding hydrogens is 552 g/mol. The van der Waals surface area contributed by atoms with Gasteiger partial charge in [-0.25, -0.2) is 0 Å². The lowest BCUT2D eigenvalue weighted by Gasteiger charge is -2.22. The molecule has 35 heavy (non-hydrogen) atoms. The second-order valence-corrected chi connectivity index (χ2v) is 10.6. The van der Waals surface area contributed by atoms with E-state index >= 15 is 0 Å². The zero-order valence-electron chi connectivity index (χ0n) is 19.1. The number of amides is 2. The van der Waals surface area contributed by atoms with Crippen LogP contribution in [0.2, 0.25) is 20.1 Å². The van der Waals surface area contributed by atoms with Crippen LogP contribution >= 0.6 is 58.2 Å². The highest BCUT2D eigenvalue weighted by molar-refractivity contribution is 7.99. The van der Waals surface area contributed by atoms with Crippen LogP contribution < -0.4 is 10.6 Å². The van der Waals surface area contributed by atoms with E-state index in [-0.39, 0.29) is 28.5 Å². The minimum Gasteiger partial charge on any atom is -0.342 e. The summed E-state index contributed by atoms with van der Waals surface area (Å²) in [6.07, 6.45) is 0. The Labute approximate surface area is 227 Å². The van der Waals surface area contributed by atoms with E-state index in [9.17, 15) is 9.59 Å². The normalized spacial score (nSPS) is 12.0.